The number of hydrogen-bond donors (Lipinski definition) is 1. The van der Waals surface area contributed by atoms with Gasteiger partial charge in [0.15, 0.2) is 0 Å². The highest BCUT2D eigenvalue weighted by atomic mass is 16.2. The fourth-order valence-corrected chi connectivity index (χ4v) is 3.74. The molecule has 3 aromatic carbocycles. The Labute approximate surface area is 183 Å². The van der Waals surface area contributed by atoms with Gasteiger partial charge < -0.3 is 10.2 Å². The van der Waals surface area contributed by atoms with Crippen LogP contribution in [0.2, 0.25) is 0 Å². The number of nitrogens with zero attached hydrogens (tertiary/aromatic N) is 1. The monoisotopic (exact) mass is 410 g/mol. The number of nitrogens with one attached hydrogen (secondary N) is 1. The van der Waals surface area contributed by atoms with Crippen LogP contribution in [0.1, 0.15) is 27.9 Å². The second-order valence-electron chi connectivity index (χ2n) is 7.81. The van der Waals surface area contributed by atoms with Crippen molar-refractivity contribution in [1.29, 1.82) is 0 Å². The molecular weight excluding hydrogens is 384 g/mol. The van der Waals surface area contributed by atoms with Crippen LogP contribution in [0.25, 0.3) is 16.7 Å². The zero-order valence-electron chi connectivity index (χ0n) is 17.7. The van der Waals surface area contributed by atoms with Gasteiger partial charge in [0, 0.05) is 18.7 Å². The topological polar surface area (TPSA) is 49.4 Å². The summed E-state index contributed by atoms with van der Waals surface area (Å²) in [6, 6.07) is 25.9. The first-order chi connectivity index (χ1) is 15.1. The maximum atomic E-state index is 12.5. The Morgan fingerprint density at radius 3 is 2.13 bits per heavy atom. The third-order valence-electron chi connectivity index (χ3n) is 5.64. The van der Waals surface area contributed by atoms with E-state index in [9.17, 15) is 9.59 Å². The van der Waals surface area contributed by atoms with E-state index in [-0.39, 0.29) is 18.4 Å². The first-order valence-electron chi connectivity index (χ1n) is 10.6. The predicted octanol–water partition coefficient (Wildman–Crippen LogP) is 4.71. The molecule has 2 amide bonds. The van der Waals surface area contributed by atoms with Gasteiger partial charge in [-0.2, -0.15) is 0 Å². The second-order valence-corrected chi connectivity index (χ2v) is 7.81. The molecule has 1 aliphatic rings. The van der Waals surface area contributed by atoms with Gasteiger partial charge in [0.05, 0.1) is 6.54 Å². The summed E-state index contributed by atoms with van der Waals surface area (Å²) in [4.78, 5) is 26.8. The van der Waals surface area contributed by atoms with Gasteiger partial charge in [0.1, 0.15) is 0 Å². The quantitative estimate of drug-likeness (QED) is 0.662. The Morgan fingerprint density at radius 2 is 1.48 bits per heavy atom. The van der Waals surface area contributed by atoms with E-state index in [0.717, 1.165) is 17.5 Å². The number of hydrogen-bond acceptors (Lipinski definition) is 2. The maximum absolute atomic E-state index is 12.5. The van der Waals surface area contributed by atoms with E-state index in [2.05, 4.69) is 42.6 Å². The molecule has 0 aromatic heterocycles. The Kier molecular flexibility index (Phi) is 6.27. The molecule has 4 nitrogen and oxygen atoms in total. The third-order valence-corrected chi connectivity index (χ3v) is 5.64. The second kappa shape index (κ2) is 9.43. The number of benzene rings is 3. The summed E-state index contributed by atoms with van der Waals surface area (Å²) in [6.07, 6.45) is 2.93. The van der Waals surface area contributed by atoms with Crippen LogP contribution in [0.3, 0.4) is 0 Å². The van der Waals surface area contributed by atoms with E-state index in [1.165, 1.54) is 16.7 Å². The van der Waals surface area contributed by atoms with Gasteiger partial charge in [-0.25, -0.2) is 0 Å². The highest BCUT2D eigenvalue weighted by molar-refractivity contribution is 5.97. The minimum Gasteiger partial charge on any atom is -0.343 e. The van der Waals surface area contributed by atoms with Crippen LogP contribution in [0.4, 0.5) is 0 Å². The number of carbonyl (C=O) groups excluding carboxylic acids is 2. The normalized spacial score (nSPS) is 13.5. The predicted molar refractivity (Wildman–Crippen MR) is 125 cm³/mol. The standard InChI is InChI=1S/C27H26N2O2/c1-20-7-9-22(10-8-20)24-15-17-29(18-16-24)26(30)19-28-27(31)25-13-11-23(12-14-25)21-5-3-2-4-6-21/h2-15H,16-19H2,1H3,(H,28,31). The highest BCUT2D eigenvalue weighted by Gasteiger charge is 2.18. The fraction of sp³-hybridized carbons (Fsp3) is 0.185. The molecule has 1 heterocycles. The van der Waals surface area contributed by atoms with Crippen LogP contribution in [0.5, 0.6) is 0 Å². The fourth-order valence-electron chi connectivity index (χ4n) is 3.74. The van der Waals surface area contributed by atoms with Gasteiger partial charge in [0.25, 0.3) is 5.91 Å². The lowest BCUT2D eigenvalue weighted by Crippen LogP contribution is -2.42. The summed E-state index contributed by atoms with van der Waals surface area (Å²) >= 11 is 0. The lowest BCUT2D eigenvalue weighted by atomic mass is 9.98. The smallest absolute Gasteiger partial charge is 0.251 e. The maximum Gasteiger partial charge on any atom is 0.251 e. The van der Waals surface area contributed by atoms with E-state index < -0.39 is 0 Å². The summed E-state index contributed by atoms with van der Waals surface area (Å²) in [5.41, 5.74) is 6.43. The molecule has 0 atom stereocenters. The zero-order valence-corrected chi connectivity index (χ0v) is 17.7. The van der Waals surface area contributed by atoms with Crippen molar-refractivity contribution in [1.82, 2.24) is 10.2 Å². The third kappa shape index (κ3) is 5.10. The summed E-state index contributed by atoms with van der Waals surface area (Å²) in [6.45, 7) is 3.32. The first-order valence-corrected chi connectivity index (χ1v) is 10.6. The van der Waals surface area contributed by atoms with Gasteiger partial charge >= 0.3 is 0 Å². The lowest BCUT2D eigenvalue weighted by molar-refractivity contribution is -0.129. The van der Waals surface area contributed by atoms with Gasteiger partial charge in [-0.05, 0) is 47.7 Å². The van der Waals surface area contributed by atoms with Crippen molar-refractivity contribution in [2.75, 3.05) is 19.6 Å². The molecule has 0 fully saturated rings. The summed E-state index contributed by atoms with van der Waals surface area (Å²) in [7, 11) is 0. The Balaban J connectivity index is 1.29. The number of carbonyl (C=O) groups is 2. The Hall–Kier alpha value is -3.66. The molecule has 1 aliphatic heterocycles. The molecule has 0 aliphatic carbocycles. The number of aryl methyl sites for hydroxylation is 1. The van der Waals surface area contributed by atoms with E-state index in [1.807, 2.05) is 42.5 Å². The van der Waals surface area contributed by atoms with Crippen molar-refractivity contribution in [3.8, 4) is 11.1 Å². The molecule has 31 heavy (non-hydrogen) atoms. The minimum absolute atomic E-state index is 0.00692. The van der Waals surface area contributed by atoms with Crippen molar-refractivity contribution in [2.45, 2.75) is 13.3 Å². The van der Waals surface area contributed by atoms with Crippen LogP contribution in [-0.2, 0) is 4.79 Å². The van der Waals surface area contributed by atoms with Gasteiger partial charge in [-0.3, -0.25) is 9.59 Å². The molecule has 3 aromatic rings. The molecule has 4 rings (SSSR count). The minimum atomic E-state index is -0.235. The van der Waals surface area contributed by atoms with Crippen LogP contribution in [0.15, 0.2) is 84.9 Å². The van der Waals surface area contributed by atoms with Crippen LogP contribution in [-0.4, -0.2) is 36.3 Å². The van der Waals surface area contributed by atoms with Crippen LogP contribution in [0, 0.1) is 6.92 Å². The van der Waals surface area contributed by atoms with Crippen LogP contribution < -0.4 is 5.32 Å². The average molecular weight is 411 g/mol. The summed E-state index contributed by atoms with van der Waals surface area (Å²) in [5, 5.41) is 2.75. The number of rotatable bonds is 5. The summed E-state index contributed by atoms with van der Waals surface area (Å²) < 4.78 is 0. The van der Waals surface area contributed by atoms with Crippen LogP contribution >= 0.6 is 0 Å². The van der Waals surface area contributed by atoms with Gasteiger partial charge in [-0.1, -0.05) is 78.4 Å². The van der Waals surface area contributed by atoms with Gasteiger partial charge in [0.2, 0.25) is 5.91 Å². The molecule has 0 saturated carbocycles. The van der Waals surface area contributed by atoms with Crippen molar-refractivity contribution in [3.63, 3.8) is 0 Å². The van der Waals surface area contributed by atoms with E-state index in [4.69, 9.17) is 0 Å². The van der Waals surface area contributed by atoms with Crippen molar-refractivity contribution < 1.29 is 9.59 Å². The molecule has 4 heteroatoms. The Bertz CT molecular complexity index is 1080. The average Bonchev–Trinajstić information content (AvgIpc) is 2.83. The largest absolute Gasteiger partial charge is 0.343 e. The molecular formula is C27H26N2O2. The van der Waals surface area contributed by atoms with E-state index >= 15 is 0 Å². The van der Waals surface area contributed by atoms with Gasteiger partial charge in [-0.15, -0.1) is 0 Å². The van der Waals surface area contributed by atoms with Crippen molar-refractivity contribution in [2.24, 2.45) is 0 Å². The molecule has 0 spiro atoms. The lowest BCUT2D eigenvalue weighted by Gasteiger charge is -2.27. The molecule has 0 radical (unpaired) electrons. The summed E-state index contributed by atoms with van der Waals surface area (Å²) in [5.74, 6) is -0.297. The molecule has 0 bridgehead atoms. The first kappa shape index (κ1) is 20.6. The highest BCUT2D eigenvalue weighted by Crippen LogP contribution is 2.23. The van der Waals surface area contributed by atoms with E-state index in [0.29, 0.717) is 18.7 Å². The van der Waals surface area contributed by atoms with E-state index in [1.54, 1.807) is 17.0 Å². The molecule has 0 saturated heterocycles. The Morgan fingerprint density at radius 1 is 0.839 bits per heavy atom. The van der Waals surface area contributed by atoms with Crippen molar-refractivity contribution in [3.05, 3.63) is 102 Å². The van der Waals surface area contributed by atoms with Crippen molar-refractivity contribution >= 4 is 17.4 Å². The molecule has 156 valence electrons. The number of amides is 2. The zero-order chi connectivity index (χ0) is 21.6. The molecule has 0 unspecified atom stereocenters. The molecule has 1 N–H and O–H groups in total. The SMILES string of the molecule is Cc1ccc(C2=CCN(C(=O)CNC(=O)c3ccc(-c4ccccc4)cc3)CC2)cc1.